The van der Waals surface area contributed by atoms with Crippen LogP contribution in [0.1, 0.15) is 27.2 Å². The van der Waals surface area contributed by atoms with Gasteiger partial charge in [0.2, 0.25) is 5.91 Å². The van der Waals surface area contributed by atoms with Gasteiger partial charge in [0.1, 0.15) is 0 Å². The van der Waals surface area contributed by atoms with Gasteiger partial charge >= 0.3 is 0 Å². The number of aliphatic imine (C=N–C) groups is 1. The van der Waals surface area contributed by atoms with E-state index in [1.165, 1.54) is 20.2 Å². The summed E-state index contributed by atoms with van der Waals surface area (Å²) in [7, 11) is 0. The van der Waals surface area contributed by atoms with Gasteiger partial charge in [0.05, 0.1) is 12.4 Å². The SMILES string of the molecule is C/C=C(/CC(NC(C)=O)C(C)=O)N=CN. The molecule has 0 bridgehead atoms. The van der Waals surface area contributed by atoms with Gasteiger partial charge in [0.25, 0.3) is 0 Å². The molecule has 0 heterocycles. The number of hydrogen-bond donors (Lipinski definition) is 2. The van der Waals surface area contributed by atoms with Crippen LogP contribution in [0.15, 0.2) is 16.8 Å². The number of nitrogens with two attached hydrogens (primary N) is 1. The van der Waals surface area contributed by atoms with E-state index in [4.69, 9.17) is 5.73 Å². The van der Waals surface area contributed by atoms with Crippen molar-refractivity contribution in [1.29, 1.82) is 0 Å². The van der Waals surface area contributed by atoms with Crippen LogP contribution in [0.4, 0.5) is 0 Å². The second-order valence-electron chi connectivity index (χ2n) is 3.13. The van der Waals surface area contributed by atoms with Crippen molar-refractivity contribution < 1.29 is 9.59 Å². The van der Waals surface area contributed by atoms with Crippen molar-refractivity contribution in [3.8, 4) is 0 Å². The summed E-state index contributed by atoms with van der Waals surface area (Å²) in [6.07, 6.45) is 3.28. The van der Waals surface area contributed by atoms with E-state index in [0.717, 1.165) is 0 Å². The molecular formula is C10H17N3O2. The Kier molecular flexibility index (Phi) is 6.01. The zero-order valence-electron chi connectivity index (χ0n) is 9.28. The van der Waals surface area contributed by atoms with Gasteiger partial charge in [0, 0.05) is 19.0 Å². The van der Waals surface area contributed by atoms with E-state index in [9.17, 15) is 9.59 Å². The highest BCUT2D eigenvalue weighted by molar-refractivity contribution is 5.86. The van der Waals surface area contributed by atoms with E-state index in [-0.39, 0.29) is 11.7 Å². The smallest absolute Gasteiger partial charge is 0.217 e. The van der Waals surface area contributed by atoms with Crippen molar-refractivity contribution in [2.45, 2.75) is 33.2 Å². The summed E-state index contributed by atoms with van der Waals surface area (Å²) >= 11 is 0. The van der Waals surface area contributed by atoms with Gasteiger partial charge in [0.15, 0.2) is 5.78 Å². The highest BCUT2D eigenvalue weighted by atomic mass is 16.2. The Bertz CT molecular complexity index is 295. The number of ketones is 1. The second-order valence-corrected chi connectivity index (χ2v) is 3.13. The van der Waals surface area contributed by atoms with Crippen LogP contribution in [0.2, 0.25) is 0 Å². The first kappa shape index (κ1) is 13.4. The lowest BCUT2D eigenvalue weighted by Gasteiger charge is -2.14. The number of amides is 1. The Hall–Kier alpha value is -1.65. The fourth-order valence-electron chi connectivity index (χ4n) is 1.09. The van der Waals surface area contributed by atoms with Gasteiger partial charge in [-0.05, 0) is 13.8 Å². The number of allylic oxidation sites excluding steroid dienone is 1. The summed E-state index contributed by atoms with van der Waals surface area (Å²) < 4.78 is 0. The molecule has 0 aliphatic heterocycles. The molecule has 1 atom stereocenters. The normalized spacial score (nSPS) is 13.9. The van der Waals surface area contributed by atoms with Crippen LogP contribution in [0.5, 0.6) is 0 Å². The molecule has 0 aromatic carbocycles. The molecular weight excluding hydrogens is 194 g/mol. The molecule has 0 saturated carbocycles. The first-order valence-electron chi connectivity index (χ1n) is 4.68. The summed E-state index contributed by atoms with van der Waals surface area (Å²) in [4.78, 5) is 25.9. The lowest BCUT2D eigenvalue weighted by Crippen LogP contribution is -2.38. The Morgan fingerprint density at radius 1 is 1.47 bits per heavy atom. The number of rotatable bonds is 5. The van der Waals surface area contributed by atoms with Crippen molar-refractivity contribution in [1.82, 2.24) is 5.32 Å². The Morgan fingerprint density at radius 2 is 2.07 bits per heavy atom. The van der Waals surface area contributed by atoms with Gasteiger partial charge in [-0.1, -0.05) is 6.08 Å². The molecule has 5 heteroatoms. The number of carbonyl (C=O) groups is 2. The summed E-state index contributed by atoms with van der Waals surface area (Å²) in [5.74, 6) is -0.334. The quantitative estimate of drug-likeness (QED) is 0.508. The summed E-state index contributed by atoms with van der Waals surface area (Å²) in [5.41, 5.74) is 5.83. The van der Waals surface area contributed by atoms with E-state index < -0.39 is 6.04 Å². The van der Waals surface area contributed by atoms with E-state index in [0.29, 0.717) is 12.1 Å². The Morgan fingerprint density at radius 3 is 2.40 bits per heavy atom. The maximum Gasteiger partial charge on any atom is 0.217 e. The van der Waals surface area contributed by atoms with Gasteiger partial charge in [-0.2, -0.15) is 0 Å². The molecule has 0 fully saturated rings. The van der Waals surface area contributed by atoms with Crippen LogP contribution in [-0.4, -0.2) is 24.1 Å². The standard InChI is InChI=1S/C10H17N3O2/c1-4-9(12-6-11)5-10(7(2)14)13-8(3)15/h4,6,10H,5H2,1-3H3,(H2,11,12)(H,13,15)/b9-4-. The zero-order valence-corrected chi connectivity index (χ0v) is 9.28. The third-order valence-corrected chi connectivity index (χ3v) is 1.86. The molecule has 5 nitrogen and oxygen atoms in total. The molecule has 0 aliphatic rings. The van der Waals surface area contributed by atoms with Gasteiger partial charge in [-0.25, -0.2) is 4.99 Å². The fourth-order valence-corrected chi connectivity index (χ4v) is 1.09. The maximum atomic E-state index is 11.2. The maximum absolute atomic E-state index is 11.2. The van der Waals surface area contributed by atoms with E-state index >= 15 is 0 Å². The third-order valence-electron chi connectivity index (χ3n) is 1.86. The van der Waals surface area contributed by atoms with Crippen molar-refractivity contribution in [3.05, 3.63) is 11.8 Å². The highest BCUT2D eigenvalue weighted by Gasteiger charge is 2.16. The molecule has 0 spiro atoms. The molecule has 1 amide bonds. The predicted molar refractivity (Wildman–Crippen MR) is 59.3 cm³/mol. The highest BCUT2D eigenvalue weighted by Crippen LogP contribution is 2.07. The molecule has 3 N–H and O–H groups in total. The van der Waals surface area contributed by atoms with Crippen LogP contribution in [0.25, 0.3) is 0 Å². The Balaban J connectivity index is 4.53. The minimum Gasteiger partial charge on any atom is -0.390 e. The average Bonchev–Trinajstić information content (AvgIpc) is 2.14. The number of hydrogen-bond acceptors (Lipinski definition) is 3. The van der Waals surface area contributed by atoms with Crippen LogP contribution in [0, 0.1) is 0 Å². The van der Waals surface area contributed by atoms with Crippen LogP contribution < -0.4 is 11.1 Å². The third kappa shape index (κ3) is 5.61. The van der Waals surface area contributed by atoms with Crippen molar-refractivity contribution in [2.24, 2.45) is 10.7 Å². The minimum atomic E-state index is -0.530. The van der Waals surface area contributed by atoms with Crippen LogP contribution in [-0.2, 0) is 9.59 Å². The molecule has 0 saturated heterocycles. The van der Waals surface area contributed by atoms with Gasteiger partial charge in [-0.3, -0.25) is 9.59 Å². The predicted octanol–water partition coefficient (Wildman–Crippen LogP) is 0.361. The monoisotopic (exact) mass is 211 g/mol. The van der Waals surface area contributed by atoms with Crippen molar-refractivity contribution in [2.75, 3.05) is 0 Å². The lowest BCUT2D eigenvalue weighted by molar-refractivity contribution is -0.125. The number of nitrogens with zero attached hydrogens (tertiary/aromatic N) is 1. The Labute approximate surface area is 89.4 Å². The summed E-state index contributed by atoms with van der Waals surface area (Å²) in [6, 6.07) is -0.530. The molecule has 0 aliphatic carbocycles. The molecule has 84 valence electrons. The van der Waals surface area contributed by atoms with Gasteiger partial charge in [-0.15, -0.1) is 0 Å². The molecule has 0 radical (unpaired) electrons. The largest absolute Gasteiger partial charge is 0.390 e. The van der Waals surface area contributed by atoms with E-state index in [2.05, 4.69) is 10.3 Å². The van der Waals surface area contributed by atoms with E-state index in [1.54, 1.807) is 13.0 Å². The summed E-state index contributed by atoms with van der Waals surface area (Å²) in [6.45, 7) is 4.60. The minimum absolute atomic E-state index is 0.100. The molecule has 1 unspecified atom stereocenters. The molecule has 0 aromatic rings. The first-order chi connectivity index (χ1) is 7.01. The average molecular weight is 211 g/mol. The molecule has 0 aromatic heterocycles. The summed E-state index contributed by atoms with van der Waals surface area (Å²) in [5, 5.41) is 2.56. The fraction of sp³-hybridized carbons (Fsp3) is 0.500. The van der Waals surface area contributed by atoms with Gasteiger partial charge < -0.3 is 11.1 Å². The first-order valence-corrected chi connectivity index (χ1v) is 4.68. The van der Waals surface area contributed by atoms with Crippen LogP contribution >= 0.6 is 0 Å². The zero-order chi connectivity index (χ0) is 11.8. The second kappa shape index (κ2) is 6.75. The van der Waals surface area contributed by atoms with E-state index in [1.807, 2.05) is 0 Å². The lowest BCUT2D eigenvalue weighted by atomic mass is 10.1. The topological polar surface area (TPSA) is 84.5 Å². The number of Topliss-reactive ketones (excluding diaryl/α,β-unsaturated/α-hetero) is 1. The molecule has 0 rings (SSSR count). The molecule has 15 heavy (non-hydrogen) atoms. The van der Waals surface area contributed by atoms with Crippen LogP contribution in [0.3, 0.4) is 0 Å². The van der Waals surface area contributed by atoms with Crippen molar-refractivity contribution >= 4 is 18.0 Å². The van der Waals surface area contributed by atoms with Crippen molar-refractivity contribution in [3.63, 3.8) is 0 Å². The number of carbonyl (C=O) groups excluding carboxylic acids is 2. The number of nitrogens with one attached hydrogen (secondary N) is 1.